The highest BCUT2D eigenvalue weighted by atomic mass is 16.3. The van der Waals surface area contributed by atoms with Gasteiger partial charge in [0.15, 0.2) is 5.78 Å². The van der Waals surface area contributed by atoms with E-state index < -0.39 is 5.56 Å². The minimum atomic E-state index is -0.432. The molecule has 0 amide bonds. The molecule has 0 radical (unpaired) electrons. The number of rotatable bonds is 5. The number of aromatic hydroxyl groups is 1. The Morgan fingerprint density at radius 3 is 2.35 bits per heavy atom. The van der Waals surface area contributed by atoms with Crippen molar-refractivity contribution in [3.63, 3.8) is 0 Å². The van der Waals surface area contributed by atoms with Gasteiger partial charge in [-0.05, 0) is 6.42 Å². The van der Waals surface area contributed by atoms with Gasteiger partial charge in [0, 0.05) is 20.0 Å². The number of hydrogen-bond acceptors (Lipinski definition) is 3. The van der Waals surface area contributed by atoms with Gasteiger partial charge in [0.25, 0.3) is 5.56 Å². The first-order valence-corrected chi connectivity index (χ1v) is 5.90. The van der Waals surface area contributed by atoms with Crippen LogP contribution < -0.4 is 5.56 Å². The van der Waals surface area contributed by atoms with Gasteiger partial charge in [0.1, 0.15) is 5.56 Å². The van der Waals surface area contributed by atoms with Gasteiger partial charge in [-0.1, -0.05) is 26.7 Å². The van der Waals surface area contributed by atoms with Crippen LogP contribution in [0.15, 0.2) is 4.79 Å². The molecule has 5 heteroatoms. The summed E-state index contributed by atoms with van der Waals surface area (Å²) in [6.07, 6.45) is 2.70. The minimum absolute atomic E-state index is 0.0846. The Hall–Kier alpha value is -1.52. The zero-order chi connectivity index (χ0) is 13.2. The zero-order valence-electron chi connectivity index (χ0n) is 10.9. The summed E-state index contributed by atoms with van der Waals surface area (Å²) in [5.74, 6) is -0.737. The number of hydrogen-bond donors (Lipinski definition) is 1. The molecule has 0 aliphatic heterocycles. The molecule has 1 aromatic heterocycles. The number of carbonyl (C=O) groups is 1. The summed E-state index contributed by atoms with van der Waals surface area (Å²) in [6, 6.07) is 0. The van der Waals surface area contributed by atoms with Crippen LogP contribution in [0.1, 0.15) is 43.5 Å². The molecule has 0 aliphatic rings. The summed E-state index contributed by atoms with van der Waals surface area (Å²) >= 11 is 0. The lowest BCUT2D eigenvalue weighted by atomic mass is 9.96. The van der Waals surface area contributed by atoms with Gasteiger partial charge in [0.05, 0.1) is 0 Å². The minimum Gasteiger partial charge on any atom is -0.493 e. The molecular formula is C12H20N2O3. The average molecular weight is 240 g/mol. The quantitative estimate of drug-likeness (QED) is 0.792. The predicted molar refractivity (Wildman–Crippen MR) is 65.3 cm³/mol. The third-order valence-electron chi connectivity index (χ3n) is 3.17. The monoisotopic (exact) mass is 240 g/mol. The Morgan fingerprint density at radius 2 is 1.94 bits per heavy atom. The third-order valence-corrected chi connectivity index (χ3v) is 3.17. The molecule has 1 aromatic rings. The van der Waals surface area contributed by atoms with Crippen LogP contribution in [-0.2, 0) is 14.1 Å². The van der Waals surface area contributed by atoms with Crippen molar-refractivity contribution in [2.24, 2.45) is 20.0 Å². The van der Waals surface area contributed by atoms with E-state index in [0.29, 0.717) is 0 Å². The van der Waals surface area contributed by atoms with Gasteiger partial charge in [-0.25, -0.2) is 0 Å². The molecule has 1 atom stereocenters. The Kier molecular flexibility index (Phi) is 4.15. The molecule has 0 saturated heterocycles. The molecule has 17 heavy (non-hydrogen) atoms. The number of ketones is 1. The normalized spacial score (nSPS) is 12.7. The lowest BCUT2D eigenvalue weighted by Gasteiger charge is -2.07. The maximum Gasteiger partial charge on any atom is 0.281 e. The van der Waals surface area contributed by atoms with Crippen molar-refractivity contribution in [1.82, 2.24) is 9.36 Å². The van der Waals surface area contributed by atoms with Crippen molar-refractivity contribution < 1.29 is 9.90 Å². The Balaban J connectivity index is 3.05. The SMILES string of the molecule is CCCCC(C)C(=O)c1c(O)n(C)n(C)c1=O. The maximum absolute atomic E-state index is 12.1. The predicted octanol–water partition coefficient (Wildman–Crippen LogP) is 1.44. The van der Waals surface area contributed by atoms with Crippen LogP contribution in [0.5, 0.6) is 5.88 Å². The number of Topliss-reactive ketones (excluding diaryl/α,β-unsaturated/α-hetero) is 1. The second kappa shape index (κ2) is 5.21. The lowest BCUT2D eigenvalue weighted by Crippen LogP contribution is -2.23. The Labute approximate surface area is 101 Å². The molecule has 1 N–H and O–H groups in total. The van der Waals surface area contributed by atoms with Crippen LogP contribution in [0.25, 0.3) is 0 Å². The summed E-state index contributed by atoms with van der Waals surface area (Å²) in [5, 5.41) is 9.77. The lowest BCUT2D eigenvalue weighted by molar-refractivity contribution is 0.0918. The molecule has 0 aliphatic carbocycles. The zero-order valence-corrected chi connectivity index (χ0v) is 10.9. The van der Waals surface area contributed by atoms with E-state index in [-0.39, 0.29) is 23.1 Å². The summed E-state index contributed by atoms with van der Waals surface area (Å²) in [6.45, 7) is 3.85. The van der Waals surface area contributed by atoms with E-state index in [1.807, 2.05) is 0 Å². The topological polar surface area (TPSA) is 64.2 Å². The second-order valence-corrected chi connectivity index (χ2v) is 4.46. The highest BCUT2D eigenvalue weighted by molar-refractivity contribution is 5.99. The van der Waals surface area contributed by atoms with Crippen LogP contribution in [0.3, 0.4) is 0 Å². The largest absolute Gasteiger partial charge is 0.493 e. The number of carbonyl (C=O) groups excluding carboxylic acids is 1. The molecule has 96 valence electrons. The first-order valence-electron chi connectivity index (χ1n) is 5.90. The van der Waals surface area contributed by atoms with Gasteiger partial charge in [-0.3, -0.25) is 19.0 Å². The molecule has 0 fully saturated rings. The summed E-state index contributed by atoms with van der Waals surface area (Å²) in [7, 11) is 3.07. The molecule has 0 spiro atoms. The molecule has 1 unspecified atom stereocenters. The van der Waals surface area contributed by atoms with Crippen molar-refractivity contribution in [3.8, 4) is 5.88 Å². The van der Waals surface area contributed by atoms with E-state index in [4.69, 9.17) is 0 Å². The fourth-order valence-corrected chi connectivity index (χ4v) is 1.80. The molecule has 5 nitrogen and oxygen atoms in total. The third kappa shape index (κ3) is 2.43. The summed E-state index contributed by atoms with van der Waals surface area (Å²) in [5.41, 5.74) is -0.517. The fraction of sp³-hybridized carbons (Fsp3) is 0.667. The van der Waals surface area contributed by atoms with E-state index in [1.54, 1.807) is 14.0 Å². The standard InChI is InChI=1S/C12H20N2O3/c1-5-6-7-8(2)10(15)9-11(16)13(3)14(4)12(9)17/h8,16H,5-7H2,1-4H3. The second-order valence-electron chi connectivity index (χ2n) is 4.46. The highest BCUT2D eigenvalue weighted by Crippen LogP contribution is 2.19. The van der Waals surface area contributed by atoms with Crippen LogP contribution in [0, 0.1) is 5.92 Å². The highest BCUT2D eigenvalue weighted by Gasteiger charge is 2.25. The van der Waals surface area contributed by atoms with Crippen LogP contribution in [0.4, 0.5) is 0 Å². The van der Waals surface area contributed by atoms with Crippen molar-refractivity contribution in [1.29, 1.82) is 0 Å². The van der Waals surface area contributed by atoms with Crippen LogP contribution in [0.2, 0.25) is 0 Å². The fourth-order valence-electron chi connectivity index (χ4n) is 1.80. The smallest absolute Gasteiger partial charge is 0.281 e. The number of unbranched alkanes of at least 4 members (excludes halogenated alkanes) is 1. The van der Waals surface area contributed by atoms with Gasteiger partial charge < -0.3 is 5.11 Å². The Bertz CT molecular complexity index is 471. The van der Waals surface area contributed by atoms with Gasteiger partial charge in [-0.2, -0.15) is 0 Å². The first-order chi connectivity index (χ1) is 7.91. The van der Waals surface area contributed by atoms with E-state index in [1.165, 1.54) is 16.4 Å². The van der Waals surface area contributed by atoms with E-state index in [2.05, 4.69) is 6.92 Å². The molecule has 0 saturated carbocycles. The summed E-state index contributed by atoms with van der Waals surface area (Å²) < 4.78 is 2.51. The Morgan fingerprint density at radius 1 is 1.35 bits per heavy atom. The molecule has 0 aromatic carbocycles. The van der Waals surface area contributed by atoms with E-state index in [0.717, 1.165) is 19.3 Å². The molecule has 1 heterocycles. The van der Waals surface area contributed by atoms with Gasteiger partial charge in [-0.15, -0.1) is 0 Å². The first kappa shape index (κ1) is 13.5. The van der Waals surface area contributed by atoms with Gasteiger partial charge >= 0.3 is 0 Å². The average Bonchev–Trinajstić information content (AvgIpc) is 2.50. The number of nitrogens with zero attached hydrogens (tertiary/aromatic N) is 2. The van der Waals surface area contributed by atoms with Crippen molar-refractivity contribution in [3.05, 3.63) is 15.9 Å². The number of aromatic nitrogens is 2. The molecular weight excluding hydrogens is 220 g/mol. The van der Waals surface area contributed by atoms with Crippen molar-refractivity contribution >= 4 is 5.78 Å². The molecule has 0 bridgehead atoms. The van der Waals surface area contributed by atoms with E-state index >= 15 is 0 Å². The van der Waals surface area contributed by atoms with Crippen molar-refractivity contribution in [2.75, 3.05) is 0 Å². The van der Waals surface area contributed by atoms with Crippen molar-refractivity contribution in [2.45, 2.75) is 33.1 Å². The maximum atomic E-state index is 12.1. The molecule has 1 rings (SSSR count). The van der Waals surface area contributed by atoms with E-state index in [9.17, 15) is 14.7 Å². The summed E-state index contributed by atoms with van der Waals surface area (Å²) in [4.78, 5) is 23.9. The van der Waals surface area contributed by atoms with Crippen LogP contribution in [-0.4, -0.2) is 20.3 Å². The van der Waals surface area contributed by atoms with Gasteiger partial charge in [0.2, 0.25) is 5.88 Å². The van der Waals surface area contributed by atoms with Crippen LogP contribution >= 0.6 is 0 Å².